The summed E-state index contributed by atoms with van der Waals surface area (Å²) in [5.74, 6) is 0.335. The van der Waals surface area contributed by atoms with E-state index in [1.165, 1.54) is 19.1 Å². The van der Waals surface area contributed by atoms with Crippen molar-refractivity contribution in [1.29, 1.82) is 0 Å². The number of rotatable bonds is 8. The lowest BCUT2D eigenvalue weighted by atomic mass is 10.3. The van der Waals surface area contributed by atoms with E-state index in [0.29, 0.717) is 17.9 Å². The van der Waals surface area contributed by atoms with E-state index in [1.54, 1.807) is 42.5 Å². The first-order valence-corrected chi connectivity index (χ1v) is 8.84. The Hall–Kier alpha value is -2.38. The van der Waals surface area contributed by atoms with Crippen molar-refractivity contribution in [1.82, 2.24) is 0 Å². The van der Waals surface area contributed by atoms with E-state index in [4.69, 9.17) is 8.92 Å². The smallest absolute Gasteiger partial charge is 0.296 e. The van der Waals surface area contributed by atoms with Crippen LogP contribution in [0.2, 0.25) is 0 Å². The van der Waals surface area contributed by atoms with Gasteiger partial charge in [0.05, 0.1) is 23.8 Å². The molecule has 0 radical (unpaired) electrons. The van der Waals surface area contributed by atoms with Crippen LogP contribution in [0.3, 0.4) is 0 Å². The molecule has 24 heavy (non-hydrogen) atoms. The van der Waals surface area contributed by atoms with Gasteiger partial charge in [0, 0.05) is 13.3 Å². The summed E-state index contributed by atoms with van der Waals surface area (Å²) in [5.41, 5.74) is 0.572. The van der Waals surface area contributed by atoms with Gasteiger partial charge in [-0.05, 0) is 24.3 Å². The van der Waals surface area contributed by atoms with Crippen molar-refractivity contribution in [3.05, 3.63) is 54.6 Å². The second-order valence-corrected chi connectivity index (χ2v) is 6.58. The van der Waals surface area contributed by atoms with Gasteiger partial charge in [-0.25, -0.2) is 0 Å². The fourth-order valence-electron chi connectivity index (χ4n) is 1.95. The SMILES string of the molecule is CC(=O)Nc1ccccc1OCCCOS(=O)(=O)c1ccccc1. The van der Waals surface area contributed by atoms with Gasteiger partial charge in [-0.3, -0.25) is 8.98 Å². The molecule has 0 aliphatic heterocycles. The molecule has 0 aliphatic carbocycles. The van der Waals surface area contributed by atoms with E-state index in [2.05, 4.69) is 5.32 Å². The summed E-state index contributed by atoms with van der Waals surface area (Å²) in [4.78, 5) is 11.3. The summed E-state index contributed by atoms with van der Waals surface area (Å²) in [6.07, 6.45) is 0.389. The van der Waals surface area contributed by atoms with Crippen LogP contribution in [0.4, 0.5) is 5.69 Å². The summed E-state index contributed by atoms with van der Waals surface area (Å²) in [6.45, 7) is 1.69. The minimum Gasteiger partial charge on any atom is -0.491 e. The van der Waals surface area contributed by atoms with Crippen molar-refractivity contribution in [3.63, 3.8) is 0 Å². The lowest BCUT2D eigenvalue weighted by Gasteiger charge is -2.11. The number of anilines is 1. The molecule has 0 unspecified atom stereocenters. The van der Waals surface area contributed by atoms with E-state index in [9.17, 15) is 13.2 Å². The van der Waals surface area contributed by atoms with Gasteiger partial charge in [0.2, 0.25) is 5.91 Å². The lowest BCUT2D eigenvalue weighted by molar-refractivity contribution is -0.114. The van der Waals surface area contributed by atoms with Crippen LogP contribution in [0.1, 0.15) is 13.3 Å². The number of nitrogens with one attached hydrogen (secondary N) is 1. The van der Waals surface area contributed by atoms with Gasteiger partial charge in [0.1, 0.15) is 5.75 Å². The summed E-state index contributed by atoms with van der Waals surface area (Å²) < 4.78 is 34.4. The molecule has 0 atom stereocenters. The molecule has 0 spiro atoms. The van der Waals surface area contributed by atoms with Crippen LogP contribution in [0.25, 0.3) is 0 Å². The Morgan fingerprint density at radius 1 is 1.00 bits per heavy atom. The number of ether oxygens (including phenoxy) is 1. The average Bonchev–Trinajstić information content (AvgIpc) is 2.56. The first kappa shape index (κ1) is 18.0. The Kier molecular flexibility index (Phi) is 6.34. The van der Waals surface area contributed by atoms with Gasteiger partial charge < -0.3 is 10.1 Å². The van der Waals surface area contributed by atoms with Crippen molar-refractivity contribution in [2.75, 3.05) is 18.5 Å². The van der Waals surface area contributed by atoms with Crippen LogP contribution in [0.5, 0.6) is 5.75 Å². The van der Waals surface area contributed by atoms with Gasteiger partial charge >= 0.3 is 0 Å². The molecule has 0 fully saturated rings. The van der Waals surface area contributed by atoms with Gasteiger partial charge in [-0.2, -0.15) is 8.42 Å². The van der Waals surface area contributed by atoms with Gasteiger partial charge in [-0.15, -0.1) is 0 Å². The monoisotopic (exact) mass is 349 g/mol. The van der Waals surface area contributed by atoms with Crippen molar-refractivity contribution in [2.24, 2.45) is 0 Å². The Balaban J connectivity index is 1.81. The average molecular weight is 349 g/mol. The number of amides is 1. The molecular formula is C17H19NO5S. The Bertz CT molecular complexity index is 775. The highest BCUT2D eigenvalue weighted by Gasteiger charge is 2.14. The molecule has 7 heteroatoms. The third-order valence-electron chi connectivity index (χ3n) is 3.01. The largest absolute Gasteiger partial charge is 0.491 e. The lowest BCUT2D eigenvalue weighted by Crippen LogP contribution is -2.11. The van der Waals surface area contributed by atoms with Crippen molar-refractivity contribution < 1.29 is 22.1 Å². The van der Waals surface area contributed by atoms with E-state index in [1.807, 2.05) is 0 Å². The molecule has 0 saturated heterocycles. The molecule has 6 nitrogen and oxygen atoms in total. The molecule has 2 rings (SSSR count). The third kappa shape index (κ3) is 5.36. The van der Waals surface area contributed by atoms with Crippen molar-refractivity contribution >= 4 is 21.7 Å². The molecule has 1 N–H and O–H groups in total. The standard InChI is InChI=1S/C17H19NO5S/c1-14(19)18-16-10-5-6-11-17(16)22-12-7-13-23-24(20,21)15-8-3-2-4-9-15/h2-6,8-11H,7,12-13H2,1H3,(H,18,19). The molecule has 0 aliphatic rings. The zero-order chi connectivity index (χ0) is 17.4. The molecule has 1 amide bonds. The second-order valence-electron chi connectivity index (χ2n) is 4.97. The summed E-state index contributed by atoms with van der Waals surface area (Å²) in [5, 5.41) is 2.67. The highest BCUT2D eigenvalue weighted by atomic mass is 32.2. The minimum atomic E-state index is -3.74. The molecule has 2 aromatic carbocycles. The second kappa shape index (κ2) is 8.47. The minimum absolute atomic E-state index is 0.0134. The predicted molar refractivity (Wildman–Crippen MR) is 90.4 cm³/mol. The molecule has 0 saturated carbocycles. The van der Waals surface area contributed by atoms with E-state index in [0.717, 1.165) is 0 Å². The zero-order valence-corrected chi connectivity index (χ0v) is 14.1. The number of benzene rings is 2. The van der Waals surface area contributed by atoms with Crippen LogP contribution in [0, 0.1) is 0 Å². The van der Waals surface area contributed by atoms with Crippen molar-refractivity contribution in [2.45, 2.75) is 18.2 Å². The molecule has 0 heterocycles. The number of hydrogen-bond acceptors (Lipinski definition) is 5. The number of hydrogen-bond donors (Lipinski definition) is 1. The Morgan fingerprint density at radius 3 is 2.38 bits per heavy atom. The first-order chi connectivity index (χ1) is 11.5. The highest BCUT2D eigenvalue weighted by molar-refractivity contribution is 7.86. The fraction of sp³-hybridized carbons (Fsp3) is 0.235. The van der Waals surface area contributed by atoms with Crippen LogP contribution in [-0.4, -0.2) is 27.5 Å². The maximum Gasteiger partial charge on any atom is 0.296 e. The summed E-state index contributed by atoms with van der Waals surface area (Å²) in [6, 6.07) is 15.0. The maximum absolute atomic E-state index is 11.9. The van der Waals surface area contributed by atoms with E-state index < -0.39 is 10.1 Å². The molecule has 0 bridgehead atoms. The van der Waals surface area contributed by atoms with Crippen LogP contribution < -0.4 is 10.1 Å². The van der Waals surface area contributed by atoms with Gasteiger partial charge in [0.25, 0.3) is 10.1 Å². The Morgan fingerprint density at radius 2 is 1.67 bits per heavy atom. The number of carbonyl (C=O) groups excluding carboxylic acids is 1. The quantitative estimate of drug-likeness (QED) is 0.585. The fourth-order valence-corrected chi connectivity index (χ4v) is 2.91. The highest BCUT2D eigenvalue weighted by Crippen LogP contribution is 2.23. The molecule has 2 aromatic rings. The number of para-hydroxylation sites is 2. The molecule has 128 valence electrons. The van der Waals surface area contributed by atoms with Gasteiger partial charge in [0.15, 0.2) is 0 Å². The van der Waals surface area contributed by atoms with E-state index >= 15 is 0 Å². The third-order valence-corrected chi connectivity index (χ3v) is 4.34. The molecular weight excluding hydrogens is 330 g/mol. The van der Waals surface area contributed by atoms with Gasteiger partial charge in [-0.1, -0.05) is 30.3 Å². The van der Waals surface area contributed by atoms with Crippen LogP contribution in [0.15, 0.2) is 59.5 Å². The van der Waals surface area contributed by atoms with Crippen LogP contribution >= 0.6 is 0 Å². The molecule has 0 aromatic heterocycles. The number of carbonyl (C=O) groups is 1. The maximum atomic E-state index is 11.9. The summed E-state index contributed by atoms with van der Waals surface area (Å²) in [7, 11) is -3.74. The van der Waals surface area contributed by atoms with E-state index in [-0.39, 0.29) is 24.0 Å². The first-order valence-electron chi connectivity index (χ1n) is 7.43. The summed E-state index contributed by atoms with van der Waals surface area (Å²) >= 11 is 0. The predicted octanol–water partition coefficient (Wildman–Crippen LogP) is 2.82. The van der Waals surface area contributed by atoms with Crippen LogP contribution in [-0.2, 0) is 19.1 Å². The Labute approximate surface area is 141 Å². The van der Waals surface area contributed by atoms with Crippen molar-refractivity contribution in [3.8, 4) is 5.75 Å². The normalized spacial score (nSPS) is 11.0. The topological polar surface area (TPSA) is 81.7 Å². The zero-order valence-electron chi connectivity index (χ0n) is 13.3.